The Bertz CT molecular complexity index is 1050. The molecule has 6 heteroatoms. The fourth-order valence-electron chi connectivity index (χ4n) is 3.56. The van der Waals surface area contributed by atoms with Crippen molar-refractivity contribution in [3.63, 3.8) is 0 Å². The van der Waals surface area contributed by atoms with Crippen molar-refractivity contribution < 1.29 is 23.7 Å². The van der Waals surface area contributed by atoms with Gasteiger partial charge in [0.15, 0.2) is 11.5 Å². The van der Waals surface area contributed by atoms with Crippen molar-refractivity contribution in [3.8, 4) is 23.0 Å². The lowest BCUT2D eigenvalue weighted by atomic mass is 9.96. The third-order valence-electron chi connectivity index (χ3n) is 5.51. The molecule has 1 N–H and O–H groups in total. The summed E-state index contributed by atoms with van der Waals surface area (Å²) in [6.45, 7) is 3.83. The topological polar surface area (TPSA) is 66.0 Å². The third-order valence-corrected chi connectivity index (χ3v) is 5.51. The highest BCUT2D eigenvalue weighted by atomic mass is 16.5. The molecule has 6 nitrogen and oxygen atoms in total. The standard InChI is InChI=1S/C25H29NO5/c1-15(17-7-8-19-12-21(28-3)10-9-18(19)11-17)25(27)26-16(2)20-13-22(29-4)24(31-6)23(14-20)30-5/h7-16H,1-6H3,(H,26,27)/t15-,16?/m0/s1. The first-order chi connectivity index (χ1) is 14.9. The van der Waals surface area contributed by atoms with Gasteiger partial charge in [0.2, 0.25) is 11.7 Å². The number of nitrogens with one attached hydrogen (secondary N) is 1. The van der Waals surface area contributed by atoms with Crippen LogP contribution >= 0.6 is 0 Å². The van der Waals surface area contributed by atoms with Crippen LogP contribution in [0.25, 0.3) is 10.8 Å². The minimum Gasteiger partial charge on any atom is -0.497 e. The molecule has 0 aromatic heterocycles. The van der Waals surface area contributed by atoms with E-state index >= 15 is 0 Å². The van der Waals surface area contributed by atoms with Gasteiger partial charge >= 0.3 is 0 Å². The average Bonchev–Trinajstić information content (AvgIpc) is 2.81. The molecule has 3 aromatic rings. The Morgan fingerprint density at radius 3 is 1.94 bits per heavy atom. The number of hydrogen-bond donors (Lipinski definition) is 1. The molecule has 1 amide bonds. The number of benzene rings is 3. The summed E-state index contributed by atoms with van der Waals surface area (Å²) >= 11 is 0. The van der Waals surface area contributed by atoms with E-state index in [-0.39, 0.29) is 17.9 Å². The second kappa shape index (κ2) is 9.60. The Hall–Kier alpha value is -3.41. The maximum atomic E-state index is 13.0. The van der Waals surface area contributed by atoms with Crippen LogP contribution in [0.3, 0.4) is 0 Å². The maximum absolute atomic E-state index is 13.0. The highest BCUT2D eigenvalue weighted by molar-refractivity contribution is 5.88. The quantitative estimate of drug-likeness (QED) is 0.561. The number of ether oxygens (including phenoxy) is 4. The van der Waals surface area contributed by atoms with Crippen LogP contribution < -0.4 is 24.3 Å². The molecule has 3 aromatic carbocycles. The van der Waals surface area contributed by atoms with Crippen molar-refractivity contribution in [3.05, 3.63) is 59.7 Å². The zero-order chi connectivity index (χ0) is 22.5. The summed E-state index contributed by atoms with van der Waals surface area (Å²) in [6, 6.07) is 15.4. The van der Waals surface area contributed by atoms with Crippen molar-refractivity contribution in [1.29, 1.82) is 0 Å². The van der Waals surface area contributed by atoms with Crippen LogP contribution in [0.4, 0.5) is 0 Å². The van der Waals surface area contributed by atoms with Crippen LogP contribution in [0.15, 0.2) is 48.5 Å². The minimum atomic E-state index is -0.309. The number of methoxy groups -OCH3 is 4. The largest absolute Gasteiger partial charge is 0.497 e. The Kier molecular flexibility index (Phi) is 6.90. The molecule has 3 rings (SSSR count). The molecule has 0 saturated carbocycles. The van der Waals surface area contributed by atoms with E-state index in [1.54, 1.807) is 28.4 Å². The molecule has 0 aliphatic heterocycles. The number of rotatable bonds is 8. The van der Waals surface area contributed by atoms with Crippen LogP contribution in [0, 0.1) is 0 Å². The molecule has 0 saturated heterocycles. The number of amides is 1. The van der Waals surface area contributed by atoms with Gasteiger partial charge in [0, 0.05) is 0 Å². The lowest BCUT2D eigenvalue weighted by Gasteiger charge is -2.21. The summed E-state index contributed by atoms with van der Waals surface area (Å²) in [5, 5.41) is 5.23. The fraction of sp³-hybridized carbons (Fsp3) is 0.320. The lowest BCUT2D eigenvalue weighted by Crippen LogP contribution is -2.30. The van der Waals surface area contributed by atoms with Gasteiger partial charge in [0.1, 0.15) is 5.75 Å². The predicted octanol–water partition coefficient (Wildman–Crippen LogP) is 4.86. The van der Waals surface area contributed by atoms with Gasteiger partial charge < -0.3 is 24.3 Å². The summed E-state index contributed by atoms with van der Waals surface area (Å²) in [4.78, 5) is 13.0. The van der Waals surface area contributed by atoms with Gasteiger partial charge in [-0.25, -0.2) is 0 Å². The first-order valence-corrected chi connectivity index (χ1v) is 10.1. The van der Waals surface area contributed by atoms with Gasteiger partial charge in [-0.3, -0.25) is 4.79 Å². The van der Waals surface area contributed by atoms with Crippen molar-refractivity contribution in [2.75, 3.05) is 28.4 Å². The Labute approximate surface area is 183 Å². The number of fused-ring (bicyclic) bond motifs is 1. The molecule has 0 spiro atoms. The number of hydrogen-bond acceptors (Lipinski definition) is 5. The second-order valence-corrected chi connectivity index (χ2v) is 7.38. The number of carbonyl (C=O) groups is 1. The molecular weight excluding hydrogens is 394 g/mol. The Morgan fingerprint density at radius 2 is 1.35 bits per heavy atom. The van der Waals surface area contributed by atoms with Crippen LogP contribution in [-0.2, 0) is 4.79 Å². The molecule has 2 atom stereocenters. The molecule has 0 bridgehead atoms. The summed E-state index contributed by atoms with van der Waals surface area (Å²) < 4.78 is 21.5. The van der Waals surface area contributed by atoms with E-state index in [1.165, 1.54) is 0 Å². The second-order valence-electron chi connectivity index (χ2n) is 7.38. The molecule has 0 aliphatic rings. The van der Waals surface area contributed by atoms with E-state index in [4.69, 9.17) is 18.9 Å². The molecule has 0 heterocycles. The van der Waals surface area contributed by atoms with Crippen molar-refractivity contribution in [2.45, 2.75) is 25.8 Å². The highest BCUT2D eigenvalue weighted by Gasteiger charge is 2.21. The van der Waals surface area contributed by atoms with Gasteiger partial charge in [-0.05, 0) is 60.0 Å². The molecule has 0 aliphatic carbocycles. The Balaban J connectivity index is 1.80. The van der Waals surface area contributed by atoms with E-state index in [9.17, 15) is 4.79 Å². The van der Waals surface area contributed by atoms with Crippen LogP contribution in [0.2, 0.25) is 0 Å². The first-order valence-electron chi connectivity index (χ1n) is 10.1. The van der Waals surface area contributed by atoms with Crippen molar-refractivity contribution in [2.24, 2.45) is 0 Å². The van der Waals surface area contributed by atoms with Crippen molar-refractivity contribution >= 4 is 16.7 Å². The van der Waals surface area contributed by atoms with E-state index in [2.05, 4.69) is 5.32 Å². The van der Waals surface area contributed by atoms with Crippen LogP contribution in [0.5, 0.6) is 23.0 Å². The maximum Gasteiger partial charge on any atom is 0.227 e. The molecule has 0 fully saturated rings. The molecular formula is C25H29NO5. The van der Waals surface area contributed by atoms with Gasteiger partial charge in [-0.15, -0.1) is 0 Å². The summed E-state index contributed by atoms with van der Waals surface area (Å²) in [7, 11) is 6.35. The zero-order valence-electron chi connectivity index (χ0n) is 18.8. The zero-order valence-corrected chi connectivity index (χ0v) is 18.8. The van der Waals surface area contributed by atoms with Crippen LogP contribution in [-0.4, -0.2) is 34.3 Å². The van der Waals surface area contributed by atoms with Crippen molar-refractivity contribution in [1.82, 2.24) is 5.32 Å². The monoisotopic (exact) mass is 423 g/mol. The average molecular weight is 424 g/mol. The van der Waals surface area contributed by atoms with E-state index in [0.29, 0.717) is 17.2 Å². The van der Waals surface area contributed by atoms with E-state index in [1.807, 2.05) is 62.4 Å². The van der Waals surface area contributed by atoms with E-state index < -0.39 is 0 Å². The highest BCUT2D eigenvalue weighted by Crippen LogP contribution is 2.39. The summed E-state index contributed by atoms with van der Waals surface area (Å²) in [5.41, 5.74) is 1.81. The van der Waals surface area contributed by atoms with Gasteiger partial charge in [-0.1, -0.05) is 24.3 Å². The molecule has 31 heavy (non-hydrogen) atoms. The number of carbonyl (C=O) groups excluding carboxylic acids is 1. The summed E-state index contributed by atoms with van der Waals surface area (Å²) in [6.07, 6.45) is 0. The van der Waals surface area contributed by atoms with Gasteiger partial charge in [0.05, 0.1) is 40.4 Å². The first kappa shape index (κ1) is 22.3. The normalized spacial score (nSPS) is 12.7. The van der Waals surface area contributed by atoms with Gasteiger partial charge in [0.25, 0.3) is 0 Å². The Morgan fingerprint density at radius 1 is 0.742 bits per heavy atom. The van der Waals surface area contributed by atoms with Gasteiger partial charge in [-0.2, -0.15) is 0 Å². The minimum absolute atomic E-state index is 0.0610. The lowest BCUT2D eigenvalue weighted by molar-refractivity contribution is -0.122. The smallest absolute Gasteiger partial charge is 0.227 e. The molecule has 0 radical (unpaired) electrons. The summed E-state index contributed by atoms with van der Waals surface area (Å²) in [5.74, 6) is 2.07. The SMILES string of the molecule is COc1ccc2cc([C@H](C)C(=O)NC(C)c3cc(OC)c(OC)c(OC)c3)ccc2c1. The van der Waals surface area contributed by atoms with Crippen LogP contribution in [0.1, 0.15) is 36.9 Å². The molecule has 164 valence electrons. The predicted molar refractivity (Wildman–Crippen MR) is 122 cm³/mol. The van der Waals surface area contributed by atoms with E-state index in [0.717, 1.165) is 27.6 Å². The third kappa shape index (κ3) is 4.68. The fourth-order valence-corrected chi connectivity index (χ4v) is 3.56. The molecule has 1 unspecified atom stereocenters.